The van der Waals surface area contributed by atoms with E-state index in [2.05, 4.69) is 82.3 Å². The highest BCUT2D eigenvalue weighted by Crippen LogP contribution is 2.16. The summed E-state index contributed by atoms with van der Waals surface area (Å²) in [5.74, 6) is 0.709. The van der Waals surface area contributed by atoms with E-state index in [4.69, 9.17) is 0 Å². The number of rotatable bonds is 2. The van der Waals surface area contributed by atoms with Crippen LogP contribution in [0.5, 0.6) is 0 Å². The molecule has 3 rings (SSSR count). The lowest BCUT2D eigenvalue weighted by atomic mass is 9.99. The quantitative estimate of drug-likeness (QED) is 0.469. The first-order chi connectivity index (χ1) is 11.6. The predicted molar refractivity (Wildman–Crippen MR) is 108 cm³/mol. The highest BCUT2D eigenvalue weighted by Gasteiger charge is 1.98. The van der Waals surface area contributed by atoms with E-state index in [0.29, 0.717) is 5.92 Å². The second kappa shape index (κ2) is 12.1. The first-order valence-electron chi connectivity index (χ1n) is 8.71. The Morgan fingerprint density at radius 3 is 1.17 bits per heavy atom. The van der Waals surface area contributed by atoms with Crippen molar-refractivity contribution in [1.29, 1.82) is 0 Å². The van der Waals surface area contributed by atoms with Crippen molar-refractivity contribution < 1.29 is 0 Å². The van der Waals surface area contributed by atoms with Crippen LogP contribution in [0.1, 0.15) is 42.9 Å². The molecule has 126 valence electrons. The van der Waals surface area contributed by atoms with E-state index >= 15 is 0 Å². The molecule has 0 heterocycles. The third-order valence-corrected chi connectivity index (χ3v) is 3.86. The largest absolute Gasteiger partial charge is 0.0648 e. The van der Waals surface area contributed by atoms with E-state index in [-0.39, 0.29) is 0 Å². The number of hydrogen-bond acceptors (Lipinski definition) is 0. The van der Waals surface area contributed by atoms with Gasteiger partial charge in [-0.2, -0.15) is 0 Å². The Labute approximate surface area is 148 Å². The Hall–Kier alpha value is -2.34. The van der Waals surface area contributed by atoms with Crippen LogP contribution in [0.3, 0.4) is 0 Å². The molecule has 0 bridgehead atoms. The summed E-state index contributed by atoms with van der Waals surface area (Å²) in [4.78, 5) is 0. The van der Waals surface area contributed by atoms with Gasteiger partial charge in [0.15, 0.2) is 0 Å². The van der Waals surface area contributed by atoms with Gasteiger partial charge in [0.2, 0.25) is 0 Å². The molecule has 0 saturated carbocycles. The highest BCUT2D eigenvalue weighted by molar-refractivity contribution is 5.18. The van der Waals surface area contributed by atoms with Crippen LogP contribution < -0.4 is 0 Å². The van der Waals surface area contributed by atoms with Gasteiger partial charge >= 0.3 is 0 Å². The summed E-state index contributed by atoms with van der Waals surface area (Å²) in [6.45, 7) is 8.65. The monoisotopic (exact) mass is 318 g/mol. The van der Waals surface area contributed by atoms with Gasteiger partial charge in [-0.25, -0.2) is 0 Å². The van der Waals surface area contributed by atoms with Gasteiger partial charge in [0.05, 0.1) is 0 Å². The average molecular weight is 319 g/mol. The minimum absolute atomic E-state index is 0.709. The summed E-state index contributed by atoms with van der Waals surface area (Å²) in [6, 6.07) is 31.2. The highest BCUT2D eigenvalue weighted by atomic mass is 14.0. The molecule has 0 aliphatic carbocycles. The normalized spacial score (nSPS) is 10.5. The predicted octanol–water partition coefficient (Wildman–Crippen LogP) is 7.19. The second-order valence-electron chi connectivity index (χ2n) is 6.03. The van der Waals surface area contributed by atoms with Crippen LogP contribution in [0, 0.1) is 13.8 Å². The molecule has 0 aliphatic rings. The summed E-state index contributed by atoms with van der Waals surface area (Å²) in [7, 11) is 0. The first kappa shape index (κ1) is 19.7. The Morgan fingerprint density at radius 2 is 0.917 bits per heavy atom. The molecule has 0 saturated heterocycles. The van der Waals surface area contributed by atoms with Gasteiger partial charge in [-0.3, -0.25) is 0 Å². The van der Waals surface area contributed by atoms with Gasteiger partial charge in [0.1, 0.15) is 0 Å². The molecule has 0 heteroatoms. The Bertz CT molecular complexity index is 589. The molecule has 1 unspecified atom stereocenters. The molecule has 0 spiro atoms. The standard InChI is InChI=1S/C10H14.2C7H8/c1-3-9(2)10-7-5-4-6-8-10;2*1-7-5-3-2-4-6-7/h4-9H,3H2,1-2H3;2*2-6H,1H3. The molecule has 3 aromatic carbocycles. The maximum atomic E-state index is 2.26. The fraction of sp³-hybridized carbons (Fsp3) is 0.250. The molecule has 0 N–H and O–H groups in total. The minimum Gasteiger partial charge on any atom is -0.0648 e. The Balaban J connectivity index is 0.000000185. The van der Waals surface area contributed by atoms with E-state index in [0.717, 1.165) is 0 Å². The van der Waals surface area contributed by atoms with E-state index in [1.807, 2.05) is 36.4 Å². The van der Waals surface area contributed by atoms with Crippen LogP contribution in [0.2, 0.25) is 0 Å². The van der Waals surface area contributed by atoms with Crippen LogP contribution in [0.4, 0.5) is 0 Å². The van der Waals surface area contributed by atoms with Gasteiger partial charge in [-0.05, 0) is 31.7 Å². The maximum Gasteiger partial charge on any atom is -0.0193 e. The third-order valence-electron chi connectivity index (χ3n) is 3.86. The van der Waals surface area contributed by atoms with Crippen LogP contribution in [0.25, 0.3) is 0 Å². The molecule has 0 nitrogen and oxygen atoms in total. The van der Waals surface area contributed by atoms with Gasteiger partial charge in [-0.15, -0.1) is 0 Å². The molecule has 1 atom stereocenters. The van der Waals surface area contributed by atoms with Gasteiger partial charge in [0.25, 0.3) is 0 Å². The van der Waals surface area contributed by atoms with Gasteiger partial charge in [0, 0.05) is 0 Å². The van der Waals surface area contributed by atoms with Gasteiger partial charge < -0.3 is 0 Å². The molecular weight excluding hydrogens is 288 g/mol. The number of benzene rings is 3. The van der Waals surface area contributed by atoms with Crippen molar-refractivity contribution in [3.63, 3.8) is 0 Å². The van der Waals surface area contributed by atoms with Crippen molar-refractivity contribution >= 4 is 0 Å². The second-order valence-corrected chi connectivity index (χ2v) is 6.03. The topological polar surface area (TPSA) is 0 Å². The zero-order chi connectivity index (χ0) is 17.6. The van der Waals surface area contributed by atoms with Crippen LogP contribution in [-0.4, -0.2) is 0 Å². The lowest BCUT2D eigenvalue weighted by Crippen LogP contribution is -1.88. The van der Waals surface area contributed by atoms with E-state index in [1.165, 1.54) is 23.1 Å². The maximum absolute atomic E-state index is 2.26. The molecule has 3 aromatic rings. The van der Waals surface area contributed by atoms with Crippen molar-refractivity contribution in [1.82, 2.24) is 0 Å². The van der Waals surface area contributed by atoms with Crippen molar-refractivity contribution in [3.05, 3.63) is 108 Å². The first-order valence-corrected chi connectivity index (χ1v) is 8.71. The van der Waals surface area contributed by atoms with E-state index < -0.39 is 0 Å². The zero-order valence-corrected chi connectivity index (χ0v) is 15.4. The Kier molecular flexibility index (Phi) is 9.96. The lowest BCUT2D eigenvalue weighted by molar-refractivity contribution is 0.733. The smallest absolute Gasteiger partial charge is 0.0193 e. The summed E-state index contributed by atoms with van der Waals surface area (Å²) in [5.41, 5.74) is 4.09. The fourth-order valence-corrected chi connectivity index (χ4v) is 2.09. The van der Waals surface area contributed by atoms with E-state index in [9.17, 15) is 0 Å². The summed E-state index contributed by atoms with van der Waals surface area (Å²) in [5, 5.41) is 0. The van der Waals surface area contributed by atoms with Crippen molar-refractivity contribution in [2.45, 2.75) is 40.0 Å². The molecule has 0 aromatic heterocycles. The zero-order valence-electron chi connectivity index (χ0n) is 15.4. The summed E-state index contributed by atoms with van der Waals surface area (Å²) < 4.78 is 0. The van der Waals surface area contributed by atoms with Crippen molar-refractivity contribution in [3.8, 4) is 0 Å². The third kappa shape index (κ3) is 8.95. The van der Waals surface area contributed by atoms with Crippen molar-refractivity contribution in [2.24, 2.45) is 0 Å². The minimum atomic E-state index is 0.709. The van der Waals surface area contributed by atoms with Crippen LogP contribution >= 0.6 is 0 Å². The molecular formula is C24H30. The SMILES string of the molecule is CCC(C)c1ccccc1.Cc1ccccc1.Cc1ccccc1. The fourth-order valence-electron chi connectivity index (χ4n) is 2.09. The average Bonchev–Trinajstić information content (AvgIpc) is 2.64. The number of hydrogen-bond donors (Lipinski definition) is 0. The molecule has 0 aliphatic heterocycles. The van der Waals surface area contributed by atoms with Crippen molar-refractivity contribution in [2.75, 3.05) is 0 Å². The summed E-state index contributed by atoms with van der Waals surface area (Å²) >= 11 is 0. The molecule has 24 heavy (non-hydrogen) atoms. The Morgan fingerprint density at radius 1 is 0.583 bits per heavy atom. The van der Waals surface area contributed by atoms with Crippen LogP contribution in [-0.2, 0) is 0 Å². The molecule has 0 radical (unpaired) electrons. The number of aryl methyl sites for hydroxylation is 2. The van der Waals surface area contributed by atoms with E-state index in [1.54, 1.807) is 0 Å². The lowest BCUT2D eigenvalue weighted by Gasteiger charge is -2.06. The molecule has 0 fully saturated rings. The summed E-state index contributed by atoms with van der Waals surface area (Å²) in [6.07, 6.45) is 1.23. The van der Waals surface area contributed by atoms with Crippen LogP contribution in [0.15, 0.2) is 91.0 Å². The molecule has 0 amide bonds. The van der Waals surface area contributed by atoms with Gasteiger partial charge in [-0.1, -0.05) is 116 Å².